The Hall–Kier alpha value is -2.30. The first-order valence-corrected chi connectivity index (χ1v) is 6.67. The number of carbonyl (C=O) groups excluding carboxylic acids is 1. The Bertz CT molecular complexity index is 526. The molecule has 1 aliphatic carbocycles. The molecule has 2 amide bonds. The van der Waals surface area contributed by atoms with E-state index in [4.69, 9.17) is 5.11 Å². The highest BCUT2D eigenvalue weighted by Gasteiger charge is 2.14. The van der Waals surface area contributed by atoms with E-state index in [1.807, 2.05) is 0 Å². The van der Waals surface area contributed by atoms with E-state index in [0.29, 0.717) is 11.3 Å². The Morgan fingerprint density at radius 2 is 2.05 bits per heavy atom. The van der Waals surface area contributed by atoms with Gasteiger partial charge in [-0.2, -0.15) is 0 Å². The number of nitrogens with one attached hydrogen (secondary N) is 2. The van der Waals surface area contributed by atoms with Crippen molar-refractivity contribution in [3.8, 4) is 0 Å². The number of hydrogen-bond donors (Lipinski definition) is 3. The molecule has 2 rings (SSSR count). The van der Waals surface area contributed by atoms with Crippen molar-refractivity contribution in [1.29, 1.82) is 0 Å². The van der Waals surface area contributed by atoms with Crippen LogP contribution < -0.4 is 10.6 Å². The fourth-order valence-electron chi connectivity index (χ4n) is 2.23. The maximum atomic E-state index is 11.9. The fraction of sp³-hybridized carbons (Fsp3) is 0.333. The molecule has 5 heteroatoms. The monoisotopic (exact) mass is 274 g/mol. The number of carbonyl (C=O) groups is 2. The number of para-hydroxylation sites is 1. The summed E-state index contributed by atoms with van der Waals surface area (Å²) in [6, 6.07) is 6.79. The lowest BCUT2D eigenvalue weighted by Crippen LogP contribution is -2.38. The maximum absolute atomic E-state index is 11.9. The molecule has 1 aliphatic rings. The van der Waals surface area contributed by atoms with Gasteiger partial charge in [0.25, 0.3) is 0 Å². The molecule has 0 radical (unpaired) electrons. The summed E-state index contributed by atoms with van der Waals surface area (Å²) in [5, 5.41) is 14.5. The van der Waals surface area contributed by atoms with Gasteiger partial charge in [0, 0.05) is 11.7 Å². The van der Waals surface area contributed by atoms with Crippen LogP contribution in [0.15, 0.2) is 36.4 Å². The molecule has 1 aromatic rings. The molecule has 0 bridgehead atoms. The van der Waals surface area contributed by atoms with Gasteiger partial charge in [-0.3, -0.25) is 4.79 Å². The largest absolute Gasteiger partial charge is 0.481 e. The van der Waals surface area contributed by atoms with Crippen molar-refractivity contribution in [1.82, 2.24) is 5.32 Å². The van der Waals surface area contributed by atoms with E-state index in [1.165, 1.54) is 0 Å². The quantitative estimate of drug-likeness (QED) is 0.738. The van der Waals surface area contributed by atoms with Gasteiger partial charge < -0.3 is 15.7 Å². The van der Waals surface area contributed by atoms with Crippen LogP contribution in [0, 0.1) is 0 Å². The minimum atomic E-state index is -0.919. The number of urea groups is 1. The van der Waals surface area contributed by atoms with Crippen molar-refractivity contribution in [2.24, 2.45) is 0 Å². The molecule has 20 heavy (non-hydrogen) atoms. The highest BCUT2D eigenvalue weighted by Crippen LogP contribution is 2.16. The van der Waals surface area contributed by atoms with Crippen molar-refractivity contribution < 1.29 is 14.7 Å². The standard InChI is InChI=1S/C15H18N2O3/c18-14(19)10-11-6-4-5-9-13(11)17-15(20)16-12-7-2-1-3-8-12/h1-2,4-6,9,12H,3,7-8,10H2,(H,18,19)(H2,16,17,20). The Kier molecular flexibility index (Phi) is 4.76. The normalized spacial score (nSPS) is 17.5. The average molecular weight is 274 g/mol. The number of aliphatic carboxylic acids is 1. The molecule has 1 unspecified atom stereocenters. The highest BCUT2D eigenvalue weighted by molar-refractivity contribution is 5.91. The Morgan fingerprint density at radius 1 is 1.25 bits per heavy atom. The molecule has 0 fully saturated rings. The highest BCUT2D eigenvalue weighted by atomic mass is 16.4. The number of allylic oxidation sites excluding steroid dienone is 1. The van der Waals surface area contributed by atoms with E-state index in [-0.39, 0.29) is 18.5 Å². The molecule has 0 heterocycles. The van der Waals surface area contributed by atoms with Gasteiger partial charge in [-0.05, 0) is 30.9 Å². The topological polar surface area (TPSA) is 78.4 Å². The van der Waals surface area contributed by atoms with Crippen LogP contribution in [0.2, 0.25) is 0 Å². The van der Waals surface area contributed by atoms with Crippen LogP contribution >= 0.6 is 0 Å². The molecule has 0 aliphatic heterocycles. The van der Waals surface area contributed by atoms with Gasteiger partial charge >= 0.3 is 12.0 Å². The zero-order valence-corrected chi connectivity index (χ0v) is 11.1. The summed E-state index contributed by atoms with van der Waals surface area (Å²) in [5.41, 5.74) is 1.14. The van der Waals surface area contributed by atoms with E-state index < -0.39 is 5.97 Å². The molecule has 1 atom stereocenters. The predicted octanol–water partition coefficient (Wildman–Crippen LogP) is 2.54. The Balaban J connectivity index is 1.96. The SMILES string of the molecule is O=C(O)Cc1ccccc1NC(=O)NC1CC=CCC1. The molecule has 1 aromatic carbocycles. The van der Waals surface area contributed by atoms with Gasteiger partial charge in [0.2, 0.25) is 0 Å². The zero-order chi connectivity index (χ0) is 14.4. The molecule has 3 N–H and O–H groups in total. The zero-order valence-electron chi connectivity index (χ0n) is 11.1. The summed E-state index contributed by atoms with van der Waals surface area (Å²) < 4.78 is 0. The summed E-state index contributed by atoms with van der Waals surface area (Å²) in [4.78, 5) is 22.7. The van der Waals surface area contributed by atoms with Crippen molar-refractivity contribution in [2.75, 3.05) is 5.32 Å². The van der Waals surface area contributed by atoms with E-state index in [0.717, 1.165) is 19.3 Å². The molecule has 0 saturated heterocycles. The van der Waals surface area contributed by atoms with Crippen LogP contribution in [-0.4, -0.2) is 23.1 Å². The number of hydrogen-bond acceptors (Lipinski definition) is 2. The van der Waals surface area contributed by atoms with Gasteiger partial charge in [-0.15, -0.1) is 0 Å². The number of carboxylic acid groups (broad SMARTS) is 1. The summed E-state index contributed by atoms with van der Waals surface area (Å²) in [6.07, 6.45) is 6.80. The molecule has 5 nitrogen and oxygen atoms in total. The van der Waals surface area contributed by atoms with Crippen LogP contribution in [-0.2, 0) is 11.2 Å². The second kappa shape index (κ2) is 6.75. The van der Waals surface area contributed by atoms with Crippen LogP contribution in [0.25, 0.3) is 0 Å². The molecular formula is C15H18N2O3. The summed E-state index contributed by atoms with van der Waals surface area (Å²) in [6.45, 7) is 0. The van der Waals surface area contributed by atoms with Crippen LogP contribution in [0.3, 0.4) is 0 Å². The molecular weight excluding hydrogens is 256 g/mol. The van der Waals surface area contributed by atoms with Gasteiger partial charge in [0.1, 0.15) is 0 Å². The summed E-state index contributed by atoms with van der Waals surface area (Å²) >= 11 is 0. The van der Waals surface area contributed by atoms with Crippen molar-refractivity contribution >= 4 is 17.7 Å². The third-order valence-corrected chi connectivity index (χ3v) is 3.21. The first-order valence-electron chi connectivity index (χ1n) is 6.67. The third-order valence-electron chi connectivity index (χ3n) is 3.21. The number of rotatable bonds is 4. The smallest absolute Gasteiger partial charge is 0.319 e. The second-order valence-corrected chi connectivity index (χ2v) is 4.81. The Morgan fingerprint density at radius 3 is 2.75 bits per heavy atom. The lowest BCUT2D eigenvalue weighted by molar-refractivity contribution is -0.136. The fourth-order valence-corrected chi connectivity index (χ4v) is 2.23. The lowest BCUT2D eigenvalue weighted by Gasteiger charge is -2.20. The van der Waals surface area contributed by atoms with Crippen molar-refractivity contribution in [3.63, 3.8) is 0 Å². The van der Waals surface area contributed by atoms with Gasteiger partial charge in [-0.1, -0.05) is 30.4 Å². The number of benzene rings is 1. The second-order valence-electron chi connectivity index (χ2n) is 4.81. The average Bonchev–Trinajstić information content (AvgIpc) is 2.41. The van der Waals surface area contributed by atoms with Gasteiger partial charge in [0.05, 0.1) is 6.42 Å². The number of carboxylic acids is 1. The van der Waals surface area contributed by atoms with E-state index in [1.54, 1.807) is 24.3 Å². The summed E-state index contributed by atoms with van der Waals surface area (Å²) in [7, 11) is 0. The minimum absolute atomic E-state index is 0.109. The lowest BCUT2D eigenvalue weighted by atomic mass is 10.0. The molecule has 106 valence electrons. The van der Waals surface area contributed by atoms with Crippen LogP contribution in [0.4, 0.5) is 10.5 Å². The predicted molar refractivity (Wildman–Crippen MR) is 76.7 cm³/mol. The van der Waals surface area contributed by atoms with E-state index in [2.05, 4.69) is 22.8 Å². The maximum Gasteiger partial charge on any atom is 0.319 e. The first kappa shape index (κ1) is 14.1. The Labute approximate surface area is 117 Å². The van der Waals surface area contributed by atoms with Gasteiger partial charge in [0.15, 0.2) is 0 Å². The molecule has 0 saturated carbocycles. The van der Waals surface area contributed by atoms with Crippen LogP contribution in [0.5, 0.6) is 0 Å². The van der Waals surface area contributed by atoms with Crippen LogP contribution in [0.1, 0.15) is 24.8 Å². The van der Waals surface area contributed by atoms with E-state index >= 15 is 0 Å². The number of anilines is 1. The summed E-state index contributed by atoms with van der Waals surface area (Å²) in [5.74, 6) is -0.919. The van der Waals surface area contributed by atoms with Gasteiger partial charge in [-0.25, -0.2) is 4.79 Å². The minimum Gasteiger partial charge on any atom is -0.481 e. The molecule has 0 aromatic heterocycles. The third kappa shape index (κ3) is 4.12. The van der Waals surface area contributed by atoms with Crippen molar-refractivity contribution in [3.05, 3.63) is 42.0 Å². The van der Waals surface area contributed by atoms with E-state index in [9.17, 15) is 9.59 Å². The van der Waals surface area contributed by atoms with Crippen molar-refractivity contribution in [2.45, 2.75) is 31.7 Å². The first-order chi connectivity index (χ1) is 9.65. The number of amides is 2. The molecule has 0 spiro atoms.